The Morgan fingerprint density at radius 1 is 1.12 bits per heavy atom. The highest BCUT2D eigenvalue weighted by Crippen LogP contribution is 2.42. The highest BCUT2D eigenvalue weighted by Gasteiger charge is 2.31. The first-order chi connectivity index (χ1) is 7.69. The molecule has 1 aromatic carbocycles. The minimum atomic E-state index is 0.00954. The van der Waals surface area contributed by atoms with Gasteiger partial charge >= 0.3 is 0 Å². The van der Waals surface area contributed by atoms with Gasteiger partial charge in [0.15, 0.2) is 0 Å². The van der Waals surface area contributed by atoms with Crippen molar-refractivity contribution in [3.63, 3.8) is 0 Å². The van der Waals surface area contributed by atoms with E-state index in [0.717, 1.165) is 24.0 Å². The van der Waals surface area contributed by atoms with Crippen LogP contribution >= 0.6 is 0 Å². The highest BCUT2D eigenvalue weighted by atomic mass is 16.3. The standard InChI is InChI=1S/C16H26O/c1-7-15(3,4)11-16(5,6)13-10-8-9-12(2)14(13)17/h8-10,17H,7,11H2,1-6H3. The summed E-state index contributed by atoms with van der Waals surface area (Å²) < 4.78 is 0. The minimum Gasteiger partial charge on any atom is -0.507 e. The van der Waals surface area contributed by atoms with Crippen LogP contribution in [0.2, 0.25) is 0 Å². The van der Waals surface area contributed by atoms with Crippen LogP contribution in [0.1, 0.15) is 58.6 Å². The monoisotopic (exact) mass is 234 g/mol. The van der Waals surface area contributed by atoms with Crippen molar-refractivity contribution in [1.29, 1.82) is 0 Å². The summed E-state index contributed by atoms with van der Waals surface area (Å²) in [6, 6.07) is 6.04. The van der Waals surface area contributed by atoms with E-state index in [2.05, 4.69) is 34.6 Å². The number of hydrogen-bond acceptors (Lipinski definition) is 1. The molecule has 0 heterocycles. The van der Waals surface area contributed by atoms with Crippen LogP contribution in [-0.4, -0.2) is 5.11 Å². The van der Waals surface area contributed by atoms with Crippen LogP contribution in [-0.2, 0) is 5.41 Å². The fraction of sp³-hybridized carbons (Fsp3) is 0.625. The summed E-state index contributed by atoms with van der Waals surface area (Å²) in [5.41, 5.74) is 2.35. The third kappa shape index (κ3) is 3.24. The molecule has 1 nitrogen and oxygen atoms in total. The Kier molecular flexibility index (Phi) is 3.91. The van der Waals surface area contributed by atoms with Crippen LogP contribution in [0.4, 0.5) is 0 Å². The lowest BCUT2D eigenvalue weighted by Crippen LogP contribution is -2.26. The van der Waals surface area contributed by atoms with E-state index in [9.17, 15) is 5.11 Å². The molecule has 0 amide bonds. The van der Waals surface area contributed by atoms with Crippen molar-refractivity contribution < 1.29 is 5.11 Å². The Morgan fingerprint density at radius 3 is 2.24 bits per heavy atom. The van der Waals surface area contributed by atoms with Gasteiger partial charge in [0.25, 0.3) is 0 Å². The number of phenols is 1. The lowest BCUT2D eigenvalue weighted by molar-refractivity contribution is 0.244. The number of phenolic OH excluding ortho intramolecular Hbond substituents is 1. The summed E-state index contributed by atoms with van der Waals surface area (Å²) in [7, 11) is 0. The van der Waals surface area contributed by atoms with E-state index >= 15 is 0 Å². The van der Waals surface area contributed by atoms with E-state index < -0.39 is 0 Å². The van der Waals surface area contributed by atoms with E-state index in [0.29, 0.717) is 11.2 Å². The van der Waals surface area contributed by atoms with Crippen LogP contribution in [0.25, 0.3) is 0 Å². The predicted molar refractivity (Wildman–Crippen MR) is 74.6 cm³/mol. The van der Waals surface area contributed by atoms with Gasteiger partial charge in [-0.1, -0.05) is 59.2 Å². The molecule has 1 aromatic rings. The fourth-order valence-electron chi connectivity index (χ4n) is 2.62. The smallest absolute Gasteiger partial charge is 0.122 e. The number of rotatable bonds is 4. The lowest BCUT2D eigenvalue weighted by Gasteiger charge is -2.35. The fourth-order valence-corrected chi connectivity index (χ4v) is 2.62. The topological polar surface area (TPSA) is 20.2 Å². The maximum absolute atomic E-state index is 10.2. The predicted octanol–water partition coefficient (Wildman–Crippen LogP) is 4.80. The maximum Gasteiger partial charge on any atom is 0.122 e. The number of aromatic hydroxyl groups is 1. The van der Waals surface area contributed by atoms with Crippen molar-refractivity contribution in [3.05, 3.63) is 29.3 Å². The Bertz CT molecular complexity index is 389. The molecule has 0 unspecified atom stereocenters. The average molecular weight is 234 g/mol. The molecule has 0 bridgehead atoms. The first kappa shape index (κ1) is 14.1. The van der Waals surface area contributed by atoms with Gasteiger partial charge in [0, 0.05) is 0 Å². The average Bonchev–Trinajstić information content (AvgIpc) is 2.20. The van der Waals surface area contributed by atoms with Gasteiger partial charge in [-0.2, -0.15) is 0 Å². The van der Waals surface area contributed by atoms with Crippen LogP contribution in [0.5, 0.6) is 5.75 Å². The van der Waals surface area contributed by atoms with Gasteiger partial charge in [0.05, 0.1) is 0 Å². The Labute approximate surface area is 106 Å². The first-order valence-electron chi connectivity index (χ1n) is 6.49. The number of aryl methyl sites for hydroxylation is 1. The zero-order valence-corrected chi connectivity index (χ0v) is 12.1. The molecule has 0 saturated carbocycles. The Morgan fingerprint density at radius 2 is 1.71 bits per heavy atom. The van der Waals surface area contributed by atoms with E-state index in [-0.39, 0.29) is 5.41 Å². The molecule has 0 aliphatic heterocycles. The largest absolute Gasteiger partial charge is 0.507 e. The van der Waals surface area contributed by atoms with E-state index in [1.54, 1.807) is 0 Å². The van der Waals surface area contributed by atoms with Gasteiger partial charge in [0.1, 0.15) is 5.75 Å². The van der Waals surface area contributed by atoms with Crippen molar-refractivity contribution in [2.75, 3.05) is 0 Å². The van der Waals surface area contributed by atoms with Crippen LogP contribution in [0, 0.1) is 12.3 Å². The van der Waals surface area contributed by atoms with Gasteiger partial charge in [-0.3, -0.25) is 0 Å². The zero-order valence-electron chi connectivity index (χ0n) is 12.1. The van der Waals surface area contributed by atoms with Crippen molar-refractivity contribution in [2.45, 2.75) is 59.8 Å². The number of hydrogen-bond donors (Lipinski definition) is 1. The summed E-state index contributed by atoms with van der Waals surface area (Å²) in [5, 5.41) is 10.2. The molecule has 0 atom stereocenters. The zero-order chi connectivity index (χ0) is 13.3. The van der Waals surface area contributed by atoms with Crippen molar-refractivity contribution in [1.82, 2.24) is 0 Å². The second-order valence-corrected chi connectivity index (χ2v) is 6.55. The highest BCUT2D eigenvalue weighted by molar-refractivity contribution is 5.43. The normalized spacial score (nSPS) is 12.8. The second-order valence-electron chi connectivity index (χ2n) is 6.55. The summed E-state index contributed by atoms with van der Waals surface area (Å²) in [6.45, 7) is 13.2. The van der Waals surface area contributed by atoms with Gasteiger partial charge in [-0.05, 0) is 35.3 Å². The molecule has 0 aliphatic rings. The summed E-state index contributed by atoms with van der Waals surface area (Å²) >= 11 is 0. The van der Waals surface area contributed by atoms with Gasteiger partial charge < -0.3 is 5.11 Å². The van der Waals surface area contributed by atoms with Crippen molar-refractivity contribution in [3.8, 4) is 5.75 Å². The third-order valence-corrected chi connectivity index (χ3v) is 3.84. The third-order valence-electron chi connectivity index (χ3n) is 3.84. The molecule has 0 aliphatic carbocycles. The SMILES string of the molecule is CCC(C)(C)CC(C)(C)c1cccc(C)c1O. The van der Waals surface area contributed by atoms with E-state index in [1.807, 2.05) is 25.1 Å². The molecule has 0 aromatic heterocycles. The molecular formula is C16H26O. The molecule has 1 N–H and O–H groups in total. The first-order valence-corrected chi connectivity index (χ1v) is 6.49. The van der Waals surface area contributed by atoms with Crippen LogP contribution in [0.15, 0.2) is 18.2 Å². The van der Waals surface area contributed by atoms with Crippen molar-refractivity contribution in [2.24, 2.45) is 5.41 Å². The molecule has 17 heavy (non-hydrogen) atoms. The van der Waals surface area contributed by atoms with E-state index in [4.69, 9.17) is 0 Å². The second kappa shape index (κ2) is 4.72. The van der Waals surface area contributed by atoms with Crippen molar-refractivity contribution >= 4 is 0 Å². The molecule has 0 spiro atoms. The van der Waals surface area contributed by atoms with Crippen LogP contribution in [0.3, 0.4) is 0 Å². The minimum absolute atomic E-state index is 0.00954. The van der Waals surface area contributed by atoms with Gasteiger partial charge in [-0.15, -0.1) is 0 Å². The number of para-hydroxylation sites is 1. The molecule has 0 fully saturated rings. The van der Waals surface area contributed by atoms with Gasteiger partial charge in [0.2, 0.25) is 0 Å². The maximum atomic E-state index is 10.2. The molecule has 1 heteroatoms. The summed E-state index contributed by atoms with van der Waals surface area (Å²) in [4.78, 5) is 0. The Balaban J connectivity index is 3.09. The molecule has 1 rings (SSSR count). The molecule has 96 valence electrons. The Hall–Kier alpha value is -0.980. The molecule has 0 radical (unpaired) electrons. The van der Waals surface area contributed by atoms with Crippen LogP contribution < -0.4 is 0 Å². The molecule has 0 saturated heterocycles. The number of benzene rings is 1. The summed E-state index contributed by atoms with van der Waals surface area (Å²) in [6.07, 6.45) is 2.23. The quantitative estimate of drug-likeness (QED) is 0.793. The van der Waals surface area contributed by atoms with E-state index in [1.165, 1.54) is 0 Å². The molecular weight excluding hydrogens is 208 g/mol. The lowest BCUT2D eigenvalue weighted by atomic mass is 9.70. The van der Waals surface area contributed by atoms with Gasteiger partial charge in [-0.25, -0.2) is 0 Å². The summed E-state index contributed by atoms with van der Waals surface area (Å²) in [5.74, 6) is 0.462.